The van der Waals surface area contributed by atoms with E-state index in [1.54, 1.807) is 42.6 Å². The van der Waals surface area contributed by atoms with Crippen molar-refractivity contribution in [3.8, 4) is 11.1 Å². The van der Waals surface area contributed by atoms with Crippen LogP contribution in [0.4, 0.5) is 0 Å². The predicted molar refractivity (Wildman–Crippen MR) is 157 cm³/mol. The standard InChI is InChI=1S/C30H25BrN2O4S2/c1-38(34,35)28-11-3-8-26(19-28)24-15-13-22(14-16-24)20-33(21-23-6-2-10-27(31)18-23)39(36,37)29-12-4-7-25-9-5-17-32-30(25)29/h2-19H,20-21H2,1H3. The van der Waals surface area contributed by atoms with E-state index in [9.17, 15) is 16.8 Å². The van der Waals surface area contributed by atoms with Crippen molar-refractivity contribution in [2.75, 3.05) is 6.26 Å². The molecule has 9 heteroatoms. The number of fused-ring (bicyclic) bond motifs is 1. The molecule has 4 aromatic carbocycles. The second-order valence-corrected chi connectivity index (χ2v) is 14.1. The zero-order valence-electron chi connectivity index (χ0n) is 21.0. The van der Waals surface area contributed by atoms with Crippen molar-refractivity contribution in [2.45, 2.75) is 22.9 Å². The van der Waals surface area contributed by atoms with Crippen LogP contribution >= 0.6 is 15.9 Å². The van der Waals surface area contributed by atoms with Gasteiger partial charge in [-0.1, -0.05) is 82.7 Å². The van der Waals surface area contributed by atoms with Gasteiger partial charge in [0.1, 0.15) is 4.90 Å². The monoisotopic (exact) mass is 620 g/mol. The molecule has 0 fully saturated rings. The van der Waals surface area contributed by atoms with E-state index in [0.29, 0.717) is 5.52 Å². The highest BCUT2D eigenvalue weighted by atomic mass is 79.9. The number of benzene rings is 4. The summed E-state index contributed by atoms with van der Waals surface area (Å²) in [5.41, 5.74) is 3.68. The lowest BCUT2D eigenvalue weighted by atomic mass is 10.0. The average molecular weight is 622 g/mol. The Labute approximate surface area is 237 Å². The van der Waals surface area contributed by atoms with Crippen LogP contribution in [0.15, 0.2) is 124 Å². The molecule has 0 radical (unpaired) electrons. The fraction of sp³-hybridized carbons (Fsp3) is 0.100. The first-order valence-corrected chi connectivity index (χ1v) is 16.2. The van der Waals surface area contributed by atoms with Gasteiger partial charge in [-0.2, -0.15) is 4.31 Å². The summed E-state index contributed by atoms with van der Waals surface area (Å²) in [5.74, 6) is 0. The van der Waals surface area contributed by atoms with E-state index >= 15 is 0 Å². The highest BCUT2D eigenvalue weighted by molar-refractivity contribution is 9.10. The topological polar surface area (TPSA) is 84.4 Å². The second kappa shape index (κ2) is 11.0. The molecule has 5 aromatic rings. The largest absolute Gasteiger partial charge is 0.255 e. The Morgan fingerprint density at radius 1 is 0.718 bits per heavy atom. The Hall–Kier alpha value is -3.37. The van der Waals surface area contributed by atoms with E-state index in [-0.39, 0.29) is 22.9 Å². The van der Waals surface area contributed by atoms with Crippen LogP contribution in [0.2, 0.25) is 0 Å². The third kappa shape index (κ3) is 6.12. The number of hydrogen-bond acceptors (Lipinski definition) is 5. The predicted octanol–water partition coefficient (Wildman–Crippen LogP) is 6.46. The third-order valence-electron chi connectivity index (χ3n) is 6.37. The molecule has 0 saturated carbocycles. The molecule has 0 atom stereocenters. The SMILES string of the molecule is CS(=O)(=O)c1cccc(-c2ccc(CN(Cc3cccc(Br)c3)S(=O)(=O)c3cccc4cccnc34)cc2)c1. The number of pyridine rings is 1. The lowest BCUT2D eigenvalue weighted by molar-refractivity contribution is 0.401. The maximum absolute atomic E-state index is 14.1. The molecule has 39 heavy (non-hydrogen) atoms. The maximum Gasteiger partial charge on any atom is 0.245 e. The van der Waals surface area contributed by atoms with E-state index in [1.165, 1.54) is 10.6 Å². The van der Waals surface area contributed by atoms with Crippen LogP contribution in [0.1, 0.15) is 11.1 Å². The zero-order chi connectivity index (χ0) is 27.6. The number of sulfone groups is 1. The Balaban J connectivity index is 1.51. The van der Waals surface area contributed by atoms with Crippen molar-refractivity contribution in [3.63, 3.8) is 0 Å². The second-order valence-electron chi connectivity index (χ2n) is 9.23. The molecule has 6 nitrogen and oxygen atoms in total. The summed E-state index contributed by atoms with van der Waals surface area (Å²) in [6.45, 7) is 0.310. The quantitative estimate of drug-likeness (QED) is 0.199. The minimum absolute atomic E-state index is 0.141. The van der Waals surface area contributed by atoms with Crippen molar-refractivity contribution < 1.29 is 16.8 Å². The molecule has 0 spiro atoms. The van der Waals surface area contributed by atoms with Gasteiger partial charge in [-0.3, -0.25) is 4.98 Å². The lowest BCUT2D eigenvalue weighted by Gasteiger charge is -2.23. The number of rotatable bonds is 8. The van der Waals surface area contributed by atoms with Crippen LogP contribution in [0.25, 0.3) is 22.0 Å². The molecule has 1 heterocycles. The van der Waals surface area contributed by atoms with Crippen LogP contribution in [0.5, 0.6) is 0 Å². The van der Waals surface area contributed by atoms with Gasteiger partial charge in [0, 0.05) is 35.4 Å². The highest BCUT2D eigenvalue weighted by Gasteiger charge is 2.27. The van der Waals surface area contributed by atoms with Gasteiger partial charge >= 0.3 is 0 Å². The van der Waals surface area contributed by atoms with E-state index < -0.39 is 19.9 Å². The highest BCUT2D eigenvalue weighted by Crippen LogP contribution is 2.28. The van der Waals surface area contributed by atoms with Gasteiger partial charge in [-0.05, 0) is 58.7 Å². The molecule has 0 bridgehead atoms. The summed E-state index contributed by atoms with van der Waals surface area (Å²) >= 11 is 3.48. The summed E-state index contributed by atoms with van der Waals surface area (Å²) in [7, 11) is -7.26. The Kier molecular flexibility index (Phi) is 7.68. The summed E-state index contributed by atoms with van der Waals surface area (Å²) in [6.07, 6.45) is 2.78. The Bertz CT molecular complexity index is 1870. The van der Waals surface area contributed by atoms with Crippen LogP contribution < -0.4 is 0 Å². The summed E-state index contributed by atoms with van der Waals surface area (Å²) in [5, 5.41) is 0.752. The van der Waals surface area contributed by atoms with Crippen LogP contribution in [-0.4, -0.2) is 32.4 Å². The third-order valence-corrected chi connectivity index (χ3v) is 9.80. The molecule has 198 valence electrons. The van der Waals surface area contributed by atoms with E-state index in [0.717, 1.165) is 32.1 Å². The van der Waals surface area contributed by atoms with Crippen molar-refractivity contribution >= 4 is 46.7 Å². The first-order valence-electron chi connectivity index (χ1n) is 12.1. The van der Waals surface area contributed by atoms with Crippen LogP contribution in [-0.2, 0) is 33.0 Å². The molecule has 5 rings (SSSR count). The first-order chi connectivity index (χ1) is 18.6. The first kappa shape index (κ1) is 27.2. The zero-order valence-corrected chi connectivity index (χ0v) is 24.2. The molecule has 0 aliphatic carbocycles. The summed E-state index contributed by atoms with van der Waals surface area (Å²) < 4.78 is 54.4. The fourth-order valence-corrected chi connectivity index (χ4v) is 7.10. The normalized spacial score (nSPS) is 12.2. The number of para-hydroxylation sites is 1. The number of halogens is 1. The molecular weight excluding hydrogens is 596 g/mol. The van der Waals surface area contributed by atoms with Crippen molar-refractivity contribution in [1.82, 2.24) is 9.29 Å². The Morgan fingerprint density at radius 3 is 2.15 bits per heavy atom. The van der Waals surface area contributed by atoms with E-state index in [4.69, 9.17) is 0 Å². The van der Waals surface area contributed by atoms with Crippen LogP contribution in [0.3, 0.4) is 0 Å². The molecule has 0 N–H and O–H groups in total. The van der Waals surface area contributed by atoms with Gasteiger partial charge < -0.3 is 0 Å². The average Bonchev–Trinajstić information content (AvgIpc) is 2.92. The van der Waals surface area contributed by atoms with Crippen molar-refractivity contribution in [3.05, 3.63) is 125 Å². The van der Waals surface area contributed by atoms with Gasteiger partial charge in [0.25, 0.3) is 0 Å². The summed E-state index contributed by atoms with van der Waals surface area (Å²) in [6, 6.07) is 30.6. The molecule has 0 amide bonds. The molecular formula is C30H25BrN2O4S2. The number of hydrogen-bond donors (Lipinski definition) is 0. The van der Waals surface area contributed by atoms with Gasteiger partial charge in [-0.15, -0.1) is 0 Å². The van der Waals surface area contributed by atoms with Gasteiger partial charge in [0.2, 0.25) is 10.0 Å². The van der Waals surface area contributed by atoms with E-state index in [1.807, 2.05) is 66.7 Å². The minimum atomic E-state index is -3.93. The smallest absolute Gasteiger partial charge is 0.245 e. The van der Waals surface area contributed by atoms with Gasteiger partial charge in [0.05, 0.1) is 10.4 Å². The fourth-order valence-electron chi connectivity index (χ4n) is 4.40. The van der Waals surface area contributed by atoms with Gasteiger partial charge in [-0.25, -0.2) is 16.8 Å². The lowest BCUT2D eigenvalue weighted by Crippen LogP contribution is -2.30. The minimum Gasteiger partial charge on any atom is -0.255 e. The molecule has 0 unspecified atom stereocenters. The van der Waals surface area contributed by atoms with E-state index in [2.05, 4.69) is 20.9 Å². The number of sulfonamides is 1. The maximum atomic E-state index is 14.1. The van der Waals surface area contributed by atoms with Crippen molar-refractivity contribution in [2.24, 2.45) is 0 Å². The molecule has 0 saturated heterocycles. The number of nitrogens with zero attached hydrogens (tertiary/aromatic N) is 2. The molecule has 1 aromatic heterocycles. The number of aromatic nitrogens is 1. The summed E-state index contributed by atoms with van der Waals surface area (Å²) in [4.78, 5) is 4.78. The van der Waals surface area contributed by atoms with Crippen molar-refractivity contribution in [1.29, 1.82) is 0 Å². The van der Waals surface area contributed by atoms with Crippen LogP contribution in [0, 0.1) is 0 Å². The molecule has 0 aliphatic heterocycles. The molecule has 0 aliphatic rings. The Morgan fingerprint density at radius 2 is 1.41 bits per heavy atom. The van der Waals surface area contributed by atoms with Gasteiger partial charge in [0.15, 0.2) is 9.84 Å².